The van der Waals surface area contributed by atoms with Crippen molar-refractivity contribution in [2.75, 3.05) is 31.6 Å². The molecule has 1 heterocycles. The molecular weight excluding hydrogens is 326 g/mol. The van der Waals surface area contributed by atoms with Crippen LogP contribution >= 0.6 is 12.2 Å². The summed E-state index contributed by atoms with van der Waals surface area (Å²) in [6.07, 6.45) is 1.57. The molecule has 130 valence electrons. The van der Waals surface area contributed by atoms with Crippen LogP contribution in [-0.2, 0) is 9.53 Å². The molecule has 0 atom stereocenters. The molecule has 24 heavy (non-hydrogen) atoms. The number of nitrogens with one attached hydrogen (secondary N) is 2. The van der Waals surface area contributed by atoms with Crippen molar-refractivity contribution in [3.05, 3.63) is 29.3 Å². The number of rotatable bonds is 6. The summed E-state index contributed by atoms with van der Waals surface area (Å²) in [6.45, 7) is 6.02. The number of anilines is 1. The van der Waals surface area contributed by atoms with E-state index in [1.807, 2.05) is 17.9 Å². The summed E-state index contributed by atoms with van der Waals surface area (Å²) < 4.78 is 5.05. The number of carbonyl (C=O) groups is 2. The fourth-order valence-corrected chi connectivity index (χ4v) is 2.82. The fourth-order valence-electron chi connectivity index (χ4n) is 2.61. The number of thiocarbonyl (C=S) groups is 1. The summed E-state index contributed by atoms with van der Waals surface area (Å²) in [5, 5.41) is 6.65. The van der Waals surface area contributed by atoms with Crippen LogP contribution in [0.15, 0.2) is 18.2 Å². The number of amides is 1. The Morgan fingerprint density at radius 2 is 2.21 bits per heavy atom. The summed E-state index contributed by atoms with van der Waals surface area (Å²) in [7, 11) is 0. The first-order chi connectivity index (χ1) is 11.5. The Morgan fingerprint density at radius 1 is 1.42 bits per heavy atom. The smallest absolute Gasteiger partial charge is 0.338 e. The molecule has 1 saturated heterocycles. The summed E-state index contributed by atoms with van der Waals surface area (Å²) >= 11 is 5.28. The molecule has 0 unspecified atom stereocenters. The summed E-state index contributed by atoms with van der Waals surface area (Å²) in [6, 6.07) is 5.37. The topological polar surface area (TPSA) is 70.7 Å². The van der Waals surface area contributed by atoms with E-state index in [9.17, 15) is 9.59 Å². The van der Waals surface area contributed by atoms with E-state index < -0.39 is 0 Å². The maximum atomic E-state index is 11.9. The lowest BCUT2D eigenvalue weighted by atomic mass is 10.1. The van der Waals surface area contributed by atoms with Gasteiger partial charge in [-0.2, -0.15) is 0 Å². The third kappa shape index (κ3) is 4.67. The Bertz CT molecular complexity index is 634. The van der Waals surface area contributed by atoms with Crippen LogP contribution in [0.2, 0.25) is 0 Å². The fraction of sp³-hybridized carbons (Fsp3) is 0.471. The maximum Gasteiger partial charge on any atom is 0.338 e. The number of esters is 1. The molecule has 0 radical (unpaired) electrons. The van der Waals surface area contributed by atoms with Crippen molar-refractivity contribution < 1.29 is 14.3 Å². The number of hydrogen-bond donors (Lipinski definition) is 2. The predicted octanol–water partition coefficient (Wildman–Crippen LogP) is 2.08. The van der Waals surface area contributed by atoms with Crippen molar-refractivity contribution in [2.45, 2.75) is 26.7 Å². The van der Waals surface area contributed by atoms with Crippen LogP contribution in [0.3, 0.4) is 0 Å². The van der Waals surface area contributed by atoms with Gasteiger partial charge in [-0.3, -0.25) is 4.79 Å². The molecule has 0 aromatic heterocycles. The van der Waals surface area contributed by atoms with E-state index in [1.54, 1.807) is 19.1 Å². The first-order valence-corrected chi connectivity index (χ1v) is 8.53. The van der Waals surface area contributed by atoms with Crippen molar-refractivity contribution >= 4 is 34.9 Å². The molecule has 1 amide bonds. The summed E-state index contributed by atoms with van der Waals surface area (Å²) in [4.78, 5) is 25.3. The van der Waals surface area contributed by atoms with Gasteiger partial charge in [-0.15, -0.1) is 0 Å². The van der Waals surface area contributed by atoms with Crippen LogP contribution in [0.5, 0.6) is 0 Å². The Balaban J connectivity index is 1.88. The van der Waals surface area contributed by atoms with Gasteiger partial charge in [0.1, 0.15) is 0 Å². The van der Waals surface area contributed by atoms with Gasteiger partial charge in [-0.1, -0.05) is 6.07 Å². The third-order valence-electron chi connectivity index (χ3n) is 3.92. The van der Waals surface area contributed by atoms with Crippen LogP contribution in [-0.4, -0.2) is 48.1 Å². The second-order valence-corrected chi connectivity index (χ2v) is 5.97. The highest BCUT2D eigenvalue weighted by Crippen LogP contribution is 2.19. The average Bonchev–Trinajstić information content (AvgIpc) is 2.95. The minimum Gasteiger partial charge on any atom is -0.462 e. The van der Waals surface area contributed by atoms with E-state index in [0.29, 0.717) is 36.8 Å². The number of carbonyl (C=O) groups excluding carboxylic acids is 2. The largest absolute Gasteiger partial charge is 0.462 e. The first kappa shape index (κ1) is 18.2. The normalized spacial score (nSPS) is 13.8. The lowest BCUT2D eigenvalue weighted by Crippen LogP contribution is -2.37. The van der Waals surface area contributed by atoms with Crippen molar-refractivity contribution in [1.82, 2.24) is 10.2 Å². The van der Waals surface area contributed by atoms with Crippen molar-refractivity contribution in [3.8, 4) is 0 Å². The van der Waals surface area contributed by atoms with Gasteiger partial charge in [-0.05, 0) is 50.2 Å². The van der Waals surface area contributed by atoms with Gasteiger partial charge in [0.05, 0.1) is 12.2 Å². The van der Waals surface area contributed by atoms with E-state index in [2.05, 4.69) is 10.6 Å². The van der Waals surface area contributed by atoms with Crippen LogP contribution < -0.4 is 10.6 Å². The number of likely N-dealkylation sites (tertiary alicyclic amines) is 1. The SMILES string of the molecule is CCOC(=O)c1cccc(NC(=S)NCCN2CCCC2=O)c1C. The molecule has 0 saturated carbocycles. The molecule has 6 nitrogen and oxygen atoms in total. The quantitative estimate of drug-likeness (QED) is 0.605. The molecule has 1 aliphatic heterocycles. The molecule has 0 bridgehead atoms. The van der Waals surface area contributed by atoms with Crippen molar-refractivity contribution in [2.24, 2.45) is 0 Å². The Kier molecular flexibility index (Phi) is 6.54. The van der Waals surface area contributed by atoms with E-state index in [0.717, 1.165) is 24.2 Å². The van der Waals surface area contributed by atoms with Gasteiger partial charge >= 0.3 is 5.97 Å². The summed E-state index contributed by atoms with van der Waals surface area (Å²) in [5.41, 5.74) is 2.07. The molecular formula is C17H23N3O3S. The number of benzene rings is 1. The van der Waals surface area contributed by atoms with E-state index in [4.69, 9.17) is 17.0 Å². The average molecular weight is 349 g/mol. The highest BCUT2D eigenvalue weighted by atomic mass is 32.1. The molecule has 0 spiro atoms. The molecule has 1 aliphatic rings. The minimum absolute atomic E-state index is 0.202. The Hall–Kier alpha value is -2.15. The number of nitrogens with zero attached hydrogens (tertiary/aromatic N) is 1. The van der Waals surface area contributed by atoms with E-state index >= 15 is 0 Å². The molecule has 0 aliphatic carbocycles. The van der Waals surface area contributed by atoms with Gasteiger partial charge < -0.3 is 20.3 Å². The van der Waals surface area contributed by atoms with Crippen LogP contribution in [0.4, 0.5) is 5.69 Å². The van der Waals surface area contributed by atoms with Gasteiger partial charge in [0, 0.05) is 31.7 Å². The molecule has 1 aromatic carbocycles. The zero-order valence-corrected chi connectivity index (χ0v) is 14.9. The highest BCUT2D eigenvalue weighted by molar-refractivity contribution is 7.80. The highest BCUT2D eigenvalue weighted by Gasteiger charge is 2.19. The second-order valence-electron chi connectivity index (χ2n) is 5.56. The third-order valence-corrected chi connectivity index (χ3v) is 4.16. The maximum absolute atomic E-state index is 11.9. The lowest BCUT2D eigenvalue weighted by molar-refractivity contribution is -0.127. The minimum atomic E-state index is -0.343. The van der Waals surface area contributed by atoms with Crippen molar-refractivity contribution in [3.63, 3.8) is 0 Å². The van der Waals surface area contributed by atoms with Gasteiger partial charge in [0.2, 0.25) is 5.91 Å². The number of ether oxygens (including phenoxy) is 1. The van der Waals surface area contributed by atoms with E-state index in [1.165, 1.54) is 0 Å². The molecule has 2 N–H and O–H groups in total. The number of hydrogen-bond acceptors (Lipinski definition) is 4. The Morgan fingerprint density at radius 3 is 2.88 bits per heavy atom. The lowest BCUT2D eigenvalue weighted by Gasteiger charge is -2.18. The van der Waals surface area contributed by atoms with Gasteiger partial charge in [0.25, 0.3) is 0 Å². The molecule has 1 aromatic rings. The molecule has 2 rings (SSSR count). The predicted molar refractivity (Wildman–Crippen MR) is 97.2 cm³/mol. The Labute approximate surface area is 147 Å². The molecule has 7 heteroatoms. The standard InChI is InChI=1S/C17H23N3O3S/c1-3-23-16(22)13-6-4-7-14(12(13)2)19-17(24)18-9-11-20-10-5-8-15(20)21/h4,6-7H,3,5,8-11H2,1-2H3,(H2,18,19,24). The first-order valence-electron chi connectivity index (χ1n) is 8.12. The van der Waals surface area contributed by atoms with Gasteiger partial charge in [0.15, 0.2) is 5.11 Å². The zero-order valence-electron chi connectivity index (χ0n) is 14.1. The van der Waals surface area contributed by atoms with Crippen LogP contribution in [0.25, 0.3) is 0 Å². The van der Waals surface area contributed by atoms with Crippen LogP contribution in [0, 0.1) is 6.92 Å². The molecule has 1 fully saturated rings. The van der Waals surface area contributed by atoms with Gasteiger partial charge in [-0.25, -0.2) is 4.79 Å². The monoisotopic (exact) mass is 349 g/mol. The van der Waals surface area contributed by atoms with E-state index in [-0.39, 0.29) is 11.9 Å². The van der Waals surface area contributed by atoms with Crippen LogP contribution in [0.1, 0.15) is 35.7 Å². The second kappa shape index (κ2) is 8.63. The van der Waals surface area contributed by atoms with Crippen molar-refractivity contribution in [1.29, 1.82) is 0 Å². The zero-order chi connectivity index (χ0) is 17.5. The summed E-state index contributed by atoms with van der Waals surface area (Å²) in [5.74, 6) is -0.140.